The van der Waals surface area contributed by atoms with Gasteiger partial charge >= 0.3 is 5.97 Å². The van der Waals surface area contributed by atoms with Crippen LogP contribution in [-0.2, 0) is 11.2 Å². The van der Waals surface area contributed by atoms with Gasteiger partial charge in [0.05, 0.1) is 23.4 Å². The predicted molar refractivity (Wildman–Crippen MR) is 121 cm³/mol. The van der Waals surface area contributed by atoms with E-state index < -0.39 is 5.97 Å². The molecular weight excluding hydrogens is 412 g/mol. The first-order valence-corrected chi connectivity index (χ1v) is 10.8. The highest BCUT2D eigenvalue weighted by Crippen LogP contribution is 2.36. The first-order valence-electron chi connectivity index (χ1n) is 9.88. The quantitative estimate of drug-likeness (QED) is 0.412. The van der Waals surface area contributed by atoms with E-state index >= 15 is 0 Å². The molecule has 0 saturated heterocycles. The second-order valence-corrected chi connectivity index (χ2v) is 7.69. The Labute approximate surface area is 183 Å². The highest BCUT2D eigenvalue weighted by molar-refractivity contribution is 7.13. The van der Waals surface area contributed by atoms with Crippen LogP contribution in [0.3, 0.4) is 0 Å². The number of carboxylic acids is 1. The van der Waals surface area contributed by atoms with Gasteiger partial charge in [0.1, 0.15) is 23.2 Å². The maximum absolute atomic E-state index is 10.9. The number of hydrogen-bond donors (Lipinski definition) is 2. The number of aryl methyl sites for hydroxylation is 1. The van der Waals surface area contributed by atoms with Crippen LogP contribution in [0.4, 0.5) is 0 Å². The molecule has 4 aromatic rings. The van der Waals surface area contributed by atoms with Crippen LogP contribution in [0, 0.1) is 0 Å². The summed E-state index contributed by atoms with van der Waals surface area (Å²) in [5, 5.41) is 11.9. The van der Waals surface area contributed by atoms with Gasteiger partial charge in [-0.1, -0.05) is 30.3 Å². The molecule has 2 heterocycles. The number of carbonyl (C=O) groups is 1. The Morgan fingerprint density at radius 1 is 1.19 bits per heavy atom. The molecule has 2 aromatic carbocycles. The minimum absolute atomic E-state index is 0.0208. The highest BCUT2D eigenvalue weighted by atomic mass is 32.1. The van der Waals surface area contributed by atoms with Crippen molar-refractivity contribution in [3.05, 3.63) is 72.1 Å². The zero-order valence-corrected chi connectivity index (χ0v) is 17.6. The van der Waals surface area contributed by atoms with Gasteiger partial charge in [0, 0.05) is 42.4 Å². The van der Waals surface area contributed by atoms with E-state index in [1.165, 1.54) is 0 Å². The molecule has 8 heteroatoms. The Morgan fingerprint density at radius 2 is 2.03 bits per heavy atom. The molecule has 4 rings (SSSR count). The Hall–Kier alpha value is -3.49. The lowest BCUT2D eigenvalue weighted by molar-refractivity contribution is -0.137. The van der Waals surface area contributed by atoms with Crippen LogP contribution in [0.15, 0.2) is 66.3 Å². The number of nitrogens with zero attached hydrogens (tertiary/aromatic N) is 3. The Balaban J connectivity index is 1.68. The maximum atomic E-state index is 10.9. The second-order valence-electron chi connectivity index (χ2n) is 6.83. The van der Waals surface area contributed by atoms with Gasteiger partial charge in [-0.15, -0.1) is 11.3 Å². The lowest BCUT2D eigenvalue weighted by Gasteiger charge is -2.13. The fourth-order valence-electron chi connectivity index (χ4n) is 3.24. The summed E-state index contributed by atoms with van der Waals surface area (Å²) in [4.78, 5) is 20.0. The van der Waals surface area contributed by atoms with E-state index in [1.807, 2.05) is 64.7 Å². The lowest BCUT2D eigenvalue weighted by Crippen LogP contribution is -2.11. The minimum Gasteiger partial charge on any atom is -0.491 e. The average Bonchev–Trinajstić information content (AvgIpc) is 3.46. The van der Waals surface area contributed by atoms with Crippen molar-refractivity contribution in [3.63, 3.8) is 0 Å². The maximum Gasteiger partial charge on any atom is 0.303 e. The third kappa shape index (κ3) is 4.82. The van der Waals surface area contributed by atoms with Gasteiger partial charge in [-0.25, -0.2) is 9.97 Å². The molecule has 0 radical (unpaired) electrons. The summed E-state index contributed by atoms with van der Waals surface area (Å²) in [7, 11) is 0. The number of ether oxygens (including phenoxy) is 1. The number of imidazole rings is 1. The molecule has 7 nitrogen and oxygen atoms in total. The smallest absolute Gasteiger partial charge is 0.303 e. The van der Waals surface area contributed by atoms with Crippen LogP contribution in [0.25, 0.3) is 27.5 Å². The first kappa shape index (κ1) is 20.8. The van der Waals surface area contributed by atoms with E-state index in [0.717, 1.165) is 27.5 Å². The second kappa shape index (κ2) is 9.55. The molecule has 158 valence electrons. The summed E-state index contributed by atoms with van der Waals surface area (Å²) < 4.78 is 7.82. The molecule has 0 aliphatic rings. The largest absolute Gasteiger partial charge is 0.491 e. The Bertz CT molecular complexity index is 1170. The van der Waals surface area contributed by atoms with E-state index in [9.17, 15) is 4.79 Å². The number of aromatic nitrogens is 3. The van der Waals surface area contributed by atoms with Gasteiger partial charge < -0.3 is 20.1 Å². The molecule has 2 aromatic heterocycles. The average molecular weight is 435 g/mol. The lowest BCUT2D eigenvalue weighted by atomic mass is 10.1. The highest BCUT2D eigenvalue weighted by Gasteiger charge is 2.15. The van der Waals surface area contributed by atoms with Gasteiger partial charge in [0.15, 0.2) is 0 Å². The van der Waals surface area contributed by atoms with Crippen molar-refractivity contribution >= 4 is 17.3 Å². The molecule has 0 fully saturated rings. The monoisotopic (exact) mass is 434 g/mol. The van der Waals surface area contributed by atoms with Crippen LogP contribution in [0.5, 0.6) is 5.75 Å². The molecule has 0 aliphatic heterocycles. The standard InChI is InChI=1S/C23H22N4O3S/c24-10-13-30-20-14-17(27-12-11-25-21(27)8-9-22(28)29)6-7-18(20)23-26-19(15-31-23)16-4-2-1-3-5-16/h1-7,11-12,14-15H,8-10,13,24H2,(H,28,29). The SMILES string of the molecule is NCCOc1cc(-n2ccnc2CCC(=O)O)ccc1-c1nc(-c2ccccc2)cs1. The van der Waals surface area contributed by atoms with E-state index in [2.05, 4.69) is 4.98 Å². The van der Waals surface area contributed by atoms with E-state index in [1.54, 1.807) is 17.5 Å². The number of benzene rings is 2. The number of aliphatic carboxylic acids is 1. The zero-order chi connectivity index (χ0) is 21.6. The minimum atomic E-state index is -0.852. The number of hydrogen-bond acceptors (Lipinski definition) is 6. The van der Waals surface area contributed by atoms with Crippen molar-refractivity contribution in [2.24, 2.45) is 5.73 Å². The summed E-state index contributed by atoms with van der Waals surface area (Å²) in [5.74, 6) is 0.505. The summed E-state index contributed by atoms with van der Waals surface area (Å²) in [6.07, 6.45) is 3.84. The van der Waals surface area contributed by atoms with Crippen molar-refractivity contribution in [1.82, 2.24) is 14.5 Å². The molecule has 0 unspecified atom stereocenters. The van der Waals surface area contributed by atoms with E-state index in [0.29, 0.717) is 31.1 Å². The summed E-state index contributed by atoms with van der Waals surface area (Å²) in [6.45, 7) is 0.773. The molecule has 31 heavy (non-hydrogen) atoms. The van der Waals surface area contributed by atoms with Crippen LogP contribution in [-0.4, -0.2) is 38.8 Å². The summed E-state index contributed by atoms with van der Waals surface area (Å²) in [5.41, 5.74) is 9.37. The number of carboxylic acid groups (broad SMARTS) is 1. The van der Waals surface area contributed by atoms with Gasteiger partial charge in [-0.3, -0.25) is 4.79 Å². The molecule has 3 N–H and O–H groups in total. The first-order chi connectivity index (χ1) is 15.2. The predicted octanol–water partition coefficient (Wildman–Crippen LogP) is 4.02. The van der Waals surface area contributed by atoms with Crippen molar-refractivity contribution in [2.75, 3.05) is 13.2 Å². The van der Waals surface area contributed by atoms with Gasteiger partial charge in [-0.2, -0.15) is 0 Å². The van der Waals surface area contributed by atoms with E-state index in [-0.39, 0.29) is 6.42 Å². The van der Waals surface area contributed by atoms with Crippen molar-refractivity contribution < 1.29 is 14.6 Å². The fraction of sp³-hybridized carbons (Fsp3) is 0.174. The van der Waals surface area contributed by atoms with Crippen LogP contribution < -0.4 is 10.5 Å². The van der Waals surface area contributed by atoms with Gasteiger partial charge in [0.2, 0.25) is 0 Å². The Morgan fingerprint density at radius 3 is 2.81 bits per heavy atom. The molecule has 0 spiro atoms. The number of rotatable bonds is 9. The molecule has 0 bridgehead atoms. The van der Waals surface area contributed by atoms with Crippen molar-refractivity contribution in [1.29, 1.82) is 0 Å². The summed E-state index contributed by atoms with van der Waals surface area (Å²) >= 11 is 1.56. The molecular formula is C23H22N4O3S. The van der Waals surface area contributed by atoms with Crippen LogP contribution in [0.1, 0.15) is 12.2 Å². The molecule has 0 aliphatic carbocycles. The topological polar surface area (TPSA) is 103 Å². The molecule has 0 atom stereocenters. The number of nitrogens with two attached hydrogens (primary N) is 1. The Kier molecular flexibility index (Phi) is 6.40. The van der Waals surface area contributed by atoms with Gasteiger partial charge in [0.25, 0.3) is 0 Å². The fourth-order valence-corrected chi connectivity index (χ4v) is 4.10. The van der Waals surface area contributed by atoms with Crippen molar-refractivity contribution in [3.8, 4) is 33.3 Å². The van der Waals surface area contributed by atoms with Crippen LogP contribution >= 0.6 is 11.3 Å². The van der Waals surface area contributed by atoms with Gasteiger partial charge in [-0.05, 0) is 12.1 Å². The third-order valence-electron chi connectivity index (χ3n) is 4.70. The van der Waals surface area contributed by atoms with E-state index in [4.69, 9.17) is 20.6 Å². The molecule has 0 amide bonds. The van der Waals surface area contributed by atoms with Crippen molar-refractivity contribution in [2.45, 2.75) is 12.8 Å². The summed E-state index contributed by atoms with van der Waals surface area (Å²) in [6, 6.07) is 15.9. The zero-order valence-electron chi connectivity index (χ0n) is 16.8. The third-order valence-corrected chi connectivity index (χ3v) is 5.58. The molecule has 0 saturated carbocycles. The normalized spacial score (nSPS) is 10.9. The van der Waals surface area contributed by atoms with Crippen LogP contribution in [0.2, 0.25) is 0 Å². The number of thiazole rings is 1.